The Morgan fingerprint density at radius 2 is 2.29 bits per heavy atom. The van der Waals surface area contributed by atoms with Crippen LogP contribution in [-0.4, -0.2) is 37.7 Å². The van der Waals surface area contributed by atoms with E-state index in [-0.39, 0.29) is 6.04 Å². The van der Waals surface area contributed by atoms with Crippen molar-refractivity contribution in [1.29, 1.82) is 0 Å². The maximum Gasteiger partial charge on any atom is 0.136 e. The number of furan rings is 1. The summed E-state index contributed by atoms with van der Waals surface area (Å²) in [5, 5.41) is 0. The number of likely N-dealkylation sites (tertiary alicyclic amines) is 1. The molecule has 0 aromatic carbocycles. The fraction of sp³-hybridized carbons (Fsp3) is 0.667. The maximum absolute atomic E-state index is 5.88. The Kier molecular flexibility index (Phi) is 4.62. The van der Waals surface area contributed by atoms with Gasteiger partial charge in [-0.05, 0) is 34.8 Å². The second-order valence-electron chi connectivity index (χ2n) is 4.36. The Morgan fingerprint density at radius 3 is 2.76 bits per heavy atom. The molecule has 1 unspecified atom stereocenters. The summed E-state index contributed by atoms with van der Waals surface area (Å²) in [7, 11) is 1.78. The van der Waals surface area contributed by atoms with E-state index in [2.05, 4.69) is 20.8 Å². The SMILES string of the molecule is COC1CCN(C(CN)c2occc2Br)CC1. The summed E-state index contributed by atoms with van der Waals surface area (Å²) in [5.41, 5.74) is 5.88. The van der Waals surface area contributed by atoms with Crippen LogP contribution < -0.4 is 5.73 Å². The molecular weight excluding hydrogens is 284 g/mol. The van der Waals surface area contributed by atoms with E-state index in [1.54, 1.807) is 13.4 Å². The fourth-order valence-electron chi connectivity index (χ4n) is 2.39. The zero-order valence-corrected chi connectivity index (χ0v) is 11.6. The number of nitrogens with two attached hydrogens (primary N) is 1. The summed E-state index contributed by atoms with van der Waals surface area (Å²) in [6, 6.07) is 2.08. The fourth-order valence-corrected chi connectivity index (χ4v) is 2.85. The molecule has 0 bridgehead atoms. The van der Waals surface area contributed by atoms with Crippen molar-refractivity contribution in [1.82, 2.24) is 4.90 Å². The molecule has 1 aromatic heterocycles. The number of hydrogen-bond acceptors (Lipinski definition) is 4. The van der Waals surface area contributed by atoms with E-state index in [0.29, 0.717) is 12.6 Å². The van der Waals surface area contributed by atoms with Gasteiger partial charge >= 0.3 is 0 Å². The molecule has 2 N–H and O–H groups in total. The van der Waals surface area contributed by atoms with Gasteiger partial charge in [-0.15, -0.1) is 0 Å². The van der Waals surface area contributed by atoms with Crippen molar-refractivity contribution in [3.05, 3.63) is 22.6 Å². The monoisotopic (exact) mass is 302 g/mol. The molecule has 0 spiro atoms. The summed E-state index contributed by atoms with van der Waals surface area (Å²) in [6.07, 6.45) is 4.21. The highest BCUT2D eigenvalue weighted by Crippen LogP contribution is 2.30. The van der Waals surface area contributed by atoms with Gasteiger partial charge in [0.05, 0.1) is 22.9 Å². The molecule has 5 heteroatoms. The lowest BCUT2D eigenvalue weighted by Crippen LogP contribution is -2.41. The highest BCUT2D eigenvalue weighted by atomic mass is 79.9. The van der Waals surface area contributed by atoms with Gasteiger partial charge in [0.25, 0.3) is 0 Å². The smallest absolute Gasteiger partial charge is 0.136 e. The molecule has 1 atom stereocenters. The summed E-state index contributed by atoms with van der Waals surface area (Å²) < 4.78 is 11.9. The molecule has 1 fully saturated rings. The highest BCUT2D eigenvalue weighted by Gasteiger charge is 2.28. The predicted molar refractivity (Wildman–Crippen MR) is 69.8 cm³/mol. The molecule has 1 aromatic rings. The molecule has 17 heavy (non-hydrogen) atoms. The quantitative estimate of drug-likeness (QED) is 0.926. The molecule has 0 saturated carbocycles. The van der Waals surface area contributed by atoms with Crippen LogP contribution in [0.25, 0.3) is 0 Å². The molecule has 96 valence electrons. The Bertz CT molecular complexity index is 348. The van der Waals surface area contributed by atoms with E-state index in [1.807, 2.05) is 6.07 Å². The third-order valence-electron chi connectivity index (χ3n) is 3.42. The van der Waals surface area contributed by atoms with E-state index < -0.39 is 0 Å². The molecule has 2 heterocycles. The lowest BCUT2D eigenvalue weighted by molar-refractivity contribution is 0.0247. The van der Waals surface area contributed by atoms with Crippen LogP contribution in [0.2, 0.25) is 0 Å². The third-order valence-corrected chi connectivity index (χ3v) is 4.08. The molecular formula is C12H19BrN2O2. The van der Waals surface area contributed by atoms with E-state index in [4.69, 9.17) is 14.9 Å². The molecule has 0 amide bonds. The molecule has 0 radical (unpaired) electrons. The number of nitrogens with zero attached hydrogens (tertiary/aromatic N) is 1. The van der Waals surface area contributed by atoms with Gasteiger partial charge in [0.1, 0.15) is 5.76 Å². The average Bonchev–Trinajstić information content (AvgIpc) is 2.78. The third kappa shape index (κ3) is 2.91. The molecule has 0 aliphatic carbocycles. The number of ether oxygens (including phenoxy) is 1. The lowest BCUT2D eigenvalue weighted by atomic mass is 10.0. The average molecular weight is 303 g/mol. The van der Waals surface area contributed by atoms with Crippen molar-refractivity contribution >= 4 is 15.9 Å². The van der Waals surface area contributed by atoms with Gasteiger partial charge in [0.2, 0.25) is 0 Å². The van der Waals surface area contributed by atoms with E-state index in [0.717, 1.165) is 36.2 Å². The summed E-state index contributed by atoms with van der Waals surface area (Å²) >= 11 is 3.50. The van der Waals surface area contributed by atoms with Crippen LogP contribution in [0.4, 0.5) is 0 Å². The van der Waals surface area contributed by atoms with Crippen LogP contribution >= 0.6 is 15.9 Å². The normalized spacial score (nSPS) is 20.6. The minimum Gasteiger partial charge on any atom is -0.466 e. The highest BCUT2D eigenvalue weighted by molar-refractivity contribution is 9.10. The first-order valence-electron chi connectivity index (χ1n) is 5.96. The zero-order chi connectivity index (χ0) is 12.3. The molecule has 1 aliphatic heterocycles. The van der Waals surface area contributed by atoms with Crippen molar-refractivity contribution in [2.24, 2.45) is 5.73 Å². The van der Waals surface area contributed by atoms with Crippen LogP contribution in [0, 0.1) is 0 Å². The van der Waals surface area contributed by atoms with Gasteiger partial charge in [-0.1, -0.05) is 0 Å². The van der Waals surface area contributed by atoms with Crippen molar-refractivity contribution in [2.45, 2.75) is 25.0 Å². The number of halogens is 1. The molecule has 4 nitrogen and oxygen atoms in total. The summed E-state index contributed by atoms with van der Waals surface area (Å²) in [6.45, 7) is 2.59. The first kappa shape index (κ1) is 13.1. The lowest BCUT2D eigenvalue weighted by Gasteiger charge is -2.35. The molecule has 1 aliphatic rings. The number of methoxy groups -OCH3 is 1. The molecule has 1 saturated heterocycles. The minimum atomic E-state index is 0.164. The van der Waals surface area contributed by atoms with Gasteiger partial charge in [0, 0.05) is 26.7 Å². The van der Waals surface area contributed by atoms with Crippen LogP contribution in [0.1, 0.15) is 24.6 Å². The van der Waals surface area contributed by atoms with Gasteiger partial charge in [-0.2, -0.15) is 0 Å². The maximum atomic E-state index is 5.88. The van der Waals surface area contributed by atoms with Gasteiger partial charge in [-0.3, -0.25) is 4.90 Å². The Morgan fingerprint density at radius 1 is 1.59 bits per heavy atom. The van der Waals surface area contributed by atoms with E-state index in [9.17, 15) is 0 Å². The predicted octanol–water partition coefficient (Wildman–Crippen LogP) is 2.15. The van der Waals surface area contributed by atoms with Crippen LogP contribution in [0.15, 0.2) is 21.2 Å². The number of rotatable bonds is 4. The van der Waals surface area contributed by atoms with Crippen LogP contribution in [0.3, 0.4) is 0 Å². The van der Waals surface area contributed by atoms with Crippen LogP contribution in [-0.2, 0) is 4.74 Å². The number of hydrogen-bond donors (Lipinski definition) is 1. The number of piperidine rings is 1. The molecule has 2 rings (SSSR count). The zero-order valence-electron chi connectivity index (χ0n) is 10.1. The topological polar surface area (TPSA) is 51.6 Å². The van der Waals surface area contributed by atoms with Gasteiger partial charge in [0.15, 0.2) is 0 Å². The second-order valence-corrected chi connectivity index (χ2v) is 5.21. The van der Waals surface area contributed by atoms with Gasteiger partial charge < -0.3 is 14.9 Å². The van der Waals surface area contributed by atoms with Crippen molar-refractivity contribution < 1.29 is 9.15 Å². The van der Waals surface area contributed by atoms with Crippen molar-refractivity contribution in [2.75, 3.05) is 26.7 Å². The Labute approximate surface area is 110 Å². The first-order valence-corrected chi connectivity index (χ1v) is 6.75. The van der Waals surface area contributed by atoms with Crippen LogP contribution in [0.5, 0.6) is 0 Å². The Hall–Kier alpha value is -0.360. The largest absolute Gasteiger partial charge is 0.466 e. The van der Waals surface area contributed by atoms with Gasteiger partial charge in [-0.25, -0.2) is 0 Å². The van der Waals surface area contributed by atoms with E-state index in [1.165, 1.54) is 0 Å². The summed E-state index contributed by atoms with van der Waals surface area (Å²) in [4.78, 5) is 2.37. The first-order chi connectivity index (χ1) is 8.26. The van der Waals surface area contributed by atoms with Crippen molar-refractivity contribution in [3.63, 3.8) is 0 Å². The summed E-state index contributed by atoms with van der Waals surface area (Å²) in [5.74, 6) is 0.934. The minimum absolute atomic E-state index is 0.164. The van der Waals surface area contributed by atoms with Crippen molar-refractivity contribution in [3.8, 4) is 0 Å². The Balaban J connectivity index is 2.03. The second kappa shape index (κ2) is 6.00. The standard InChI is InChI=1S/C12H19BrN2O2/c1-16-9-2-5-15(6-3-9)11(8-14)12-10(13)4-7-17-12/h4,7,9,11H,2-3,5-6,8,14H2,1H3. The van der Waals surface area contributed by atoms with E-state index >= 15 is 0 Å².